The molecule has 2 rings (SSSR count). The van der Waals surface area contributed by atoms with Crippen molar-refractivity contribution in [1.82, 2.24) is 0 Å². The van der Waals surface area contributed by atoms with Crippen LogP contribution in [0.4, 0.5) is 5.69 Å². The topological polar surface area (TPSA) is 72.2 Å². The number of hydrogen-bond donors (Lipinski definition) is 2. The molecule has 0 spiro atoms. The molecule has 2 aromatic carbocycles. The molecular formula is C17H18N2O2. The first-order valence-electron chi connectivity index (χ1n) is 6.72. The minimum Gasteiger partial charge on any atom is -0.366 e. The number of nitrogens with two attached hydrogens (primary N) is 1. The summed E-state index contributed by atoms with van der Waals surface area (Å²) in [5.41, 5.74) is 9.12. The van der Waals surface area contributed by atoms with E-state index in [1.54, 1.807) is 25.1 Å². The minimum atomic E-state index is -0.498. The summed E-state index contributed by atoms with van der Waals surface area (Å²) in [7, 11) is 0. The summed E-state index contributed by atoms with van der Waals surface area (Å²) in [4.78, 5) is 23.4. The Kier molecular flexibility index (Phi) is 4.38. The van der Waals surface area contributed by atoms with Gasteiger partial charge in [-0.05, 0) is 37.1 Å². The second-order valence-corrected chi connectivity index (χ2v) is 5.05. The lowest BCUT2D eigenvalue weighted by Crippen LogP contribution is -2.18. The average molecular weight is 282 g/mol. The molecule has 0 aliphatic heterocycles. The minimum absolute atomic E-state index is 0.122. The number of amides is 2. The van der Waals surface area contributed by atoms with E-state index < -0.39 is 5.91 Å². The van der Waals surface area contributed by atoms with Crippen molar-refractivity contribution in [3.63, 3.8) is 0 Å². The zero-order chi connectivity index (χ0) is 15.4. The second kappa shape index (κ2) is 6.22. The molecule has 0 aliphatic carbocycles. The molecule has 4 nitrogen and oxygen atoms in total. The number of aryl methyl sites for hydroxylation is 1. The van der Waals surface area contributed by atoms with E-state index in [2.05, 4.69) is 5.32 Å². The van der Waals surface area contributed by atoms with Crippen LogP contribution in [0, 0.1) is 13.8 Å². The molecule has 0 atom stereocenters. The molecule has 0 radical (unpaired) electrons. The highest BCUT2D eigenvalue weighted by molar-refractivity contribution is 5.98. The van der Waals surface area contributed by atoms with Crippen molar-refractivity contribution in [1.29, 1.82) is 0 Å². The summed E-state index contributed by atoms with van der Waals surface area (Å²) < 4.78 is 0. The van der Waals surface area contributed by atoms with Crippen molar-refractivity contribution in [3.8, 4) is 0 Å². The van der Waals surface area contributed by atoms with E-state index in [0.29, 0.717) is 23.2 Å². The standard InChI is InChI=1S/C17H18N2O2/c1-11-6-8-13(9-7-11)10-16(20)19-15-5-3-4-14(12(15)2)17(18)21/h3-9H,10H2,1-2H3,(H2,18,21)(H,19,20). The van der Waals surface area contributed by atoms with Crippen molar-refractivity contribution < 1.29 is 9.59 Å². The molecule has 0 fully saturated rings. The predicted molar refractivity (Wildman–Crippen MR) is 83.2 cm³/mol. The third-order valence-electron chi connectivity index (χ3n) is 3.36. The van der Waals surface area contributed by atoms with Crippen LogP contribution in [0.5, 0.6) is 0 Å². The largest absolute Gasteiger partial charge is 0.366 e. The highest BCUT2D eigenvalue weighted by Crippen LogP contribution is 2.19. The van der Waals surface area contributed by atoms with Gasteiger partial charge >= 0.3 is 0 Å². The quantitative estimate of drug-likeness (QED) is 0.904. The first kappa shape index (κ1) is 14.8. The van der Waals surface area contributed by atoms with Gasteiger partial charge in [0.05, 0.1) is 6.42 Å². The lowest BCUT2D eigenvalue weighted by Gasteiger charge is -2.11. The Balaban J connectivity index is 2.11. The number of primary amides is 1. The molecule has 108 valence electrons. The number of benzene rings is 2. The van der Waals surface area contributed by atoms with Gasteiger partial charge in [0, 0.05) is 11.3 Å². The van der Waals surface area contributed by atoms with Crippen molar-refractivity contribution in [3.05, 3.63) is 64.7 Å². The maximum absolute atomic E-state index is 12.1. The van der Waals surface area contributed by atoms with Crippen LogP contribution in [0.2, 0.25) is 0 Å². The summed E-state index contributed by atoms with van der Waals surface area (Å²) in [6.07, 6.45) is 0.292. The van der Waals surface area contributed by atoms with Crippen LogP contribution in [0.15, 0.2) is 42.5 Å². The molecule has 0 saturated carbocycles. The van der Waals surface area contributed by atoms with Gasteiger partial charge in [-0.3, -0.25) is 9.59 Å². The Bertz CT molecular complexity index is 676. The molecule has 0 heterocycles. The molecule has 4 heteroatoms. The summed E-state index contributed by atoms with van der Waals surface area (Å²) in [5.74, 6) is -0.620. The number of anilines is 1. The van der Waals surface area contributed by atoms with E-state index in [0.717, 1.165) is 11.1 Å². The Morgan fingerprint density at radius 1 is 1.05 bits per heavy atom. The van der Waals surface area contributed by atoms with Crippen LogP contribution in [0.3, 0.4) is 0 Å². The summed E-state index contributed by atoms with van der Waals surface area (Å²) in [6, 6.07) is 12.9. The Hall–Kier alpha value is -2.62. The smallest absolute Gasteiger partial charge is 0.249 e. The number of carbonyl (C=O) groups is 2. The lowest BCUT2D eigenvalue weighted by atomic mass is 10.1. The third-order valence-corrected chi connectivity index (χ3v) is 3.36. The SMILES string of the molecule is Cc1ccc(CC(=O)Nc2cccc(C(N)=O)c2C)cc1. The van der Waals surface area contributed by atoms with Gasteiger partial charge in [0.1, 0.15) is 0 Å². The molecule has 2 amide bonds. The zero-order valence-corrected chi connectivity index (χ0v) is 12.1. The second-order valence-electron chi connectivity index (χ2n) is 5.05. The van der Waals surface area contributed by atoms with Crippen molar-refractivity contribution in [2.24, 2.45) is 5.73 Å². The van der Waals surface area contributed by atoms with Gasteiger partial charge < -0.3 is 11.1 Å². The van der Waals surface area contributed by atoms with Gasteiger partial charge in [-0.15, -0.1) is 0 Å². The molecular weight excluding hydrogens is 264 g/mol. The highest BCUT2D eigenvalue weighted by atomic mass is 16.2. The van der Waals surface area contributed by atoms with E-state index >= 15 is 0 Å². The Morgan fingerprint density at radius 2 is 1.71 bits per heavy atom. The Labute approximate surface area is 124 Å². The molecule has 2 aromatic rings. The summed E-state index contributed by atoms with van der Waals surface area (Å²) in [6.45, 7) is 3.77. The van der Waals surface area contributed by atoms with Gasteiger partial charge in [0.25, 0.3) is 0 Å². The average Bonchev–Trinajstić information content (AvgIpc) is 2.43. The van der Waals surface area contributed by atoms with E-state index in [9.17, 15) is 9.59 Å². The van der Waals surface area contributed by atoms with Gasteiger partial charge in [-0.2, -0.15) is 0 Å². The van der Waals surface area contributed by atoms with E-state index in [1.807, 2.05) is 31.2 Å². The maximum Gasteiger partial charge on any atom is 0.249 e. The molecule has 0 saturated heterocycles. The normalized spacial score (nSPS) is 10.2. The van der Waals surface area contributed by atoms with Gasteiger partial charge in [0.2, 0.25) is 11.8 Å². The van der Waals surface area contributed by atoms with Crippen molar-refractivity contribution in [2.75, 3.05) is 5.32 Å². The number of nitrogens with one attached hydrogen (secondary N) is 1. The molecule has 0 unspecified atom stereocenters. The third kappa shape index (κ3) is 3.69. The van der Waals surface area contributed by atoms with E-state index in [-0.39, 0.29) is 5.91 Å². The Morgan fingerprint density at radius 3 is 2.33 bits per heavy atom. The van der Waals surface area contributed by atoms with Crippen LogP contribution in [-0.4, -0.2) is 11.8 Å². The van der Waals surface area contributed by atoms with E-state index in [4.69, 9.17) is 5.73 Å². The monoisotopic (exact) mass is 282 g/mol. The molecule has 3 N–H and O–H groups in total. The van der Waals surface area contributed by atoms with E-state index in [1.165, 1.54) is 0 Å². The molecule has 0 aromatic heterocycles. The first-order valence-corrected chi connectivity index (χ1v) is 6.72. The fraction of sp³-hybridized carbons (Fsp3) is 0.176. The fourth-order valence-corrected chi connectivity index (χ4v) is 2.12. The van der Waals surface area contributed by atoms with Gasteiger partial charge in [-0.25, -0.2) is 0 Å². The van der Waals surface area contributed by atoms with Gasteiger partial charge in [0.15, 0.2) is 0 Å². The number of carbonyl (C=O) groups excluding carboxylic acids is 2. The van der Waals surface area contributed by atoms with Crippen LogP contribution in [0.25, 0.3) is 0 Å². The lowest BCUT2D eigenvalue weighted by molar-refractivity contribution is -0.115. The predicted octanol–water partition coefficient (Wildman–Crippen LogP) is 2.58. The number of rotatable bonds is 4. The van der Waals surface area contributed by atoms with Crippen molar-refractivity contribution >= 4 is 17.5 Å². The summed E-state index contributed by atoms with van der Waals surface area (Å²) >= 11 is 0. The zero-order valence-electron chi connectivity index (χ0n) is 12.1. The first-order chi connectivity index (χ1) is 9.97. The van der Waals surface area contributed by atoms with Crippen LogP contribution in [0.1, 0.15) is 27.0 Å². The van der Waals surface area contributed by atoms with Crippen LogP contribution in [-0.2, 0) is 11.2 Å². The molecule has 21 heavy (non-hydrogen) atoms. The highest BCUT2D eigenvalue weighted by Gasteiger charge is 2.11. The summed E-state index contributed by atoms with van der Waals surface area (Å²) in [5, 5.41) is 2.82. The fourth-order valence-electron chi connectivity index (χ4n) is 2.12. The molecule has 0 aliphatic rings. The van der Waals surface area contributed by atoms with Crippen LogP contribution >= 0.6 is 0 Å². The van der Waals surface area contributed by atoms with Crippen LogP contribution < -0.4 is 11.1 Å². The number of hydrogen-bond acceptors (Lipinski definition) is 2. The van der Waals surface area contributed by atoms with Gasteiger partial charge in [-0.1, -0.05) is 35.9 Å². The maximum atomic E-state index is 12.1. The molecule has 0 bridgehead atoms. The van der Waals surface area contributed by atoms with Crippen molar-refractivity contribution in [2.45, 2.75) is 20.3 Å².